The van der Waals surface area contributed by atoms with E-state index in [0.29, 0.717) is 5.69 Å². The van der Waals surface area contributed by atoms with Crippen LogP contribution in [0.2, 0.25) is 0 Å². The fourth-order valence-electron chi connectivity index (χ4n) is 0.834. The molecule has 56 valence electrons. The minimum Gasteiger partial charge on any atom is -0.207 e. The molecule has 0 amide bonds. The fourth-order valence-corrected chi connectivity index (χ4v) is 0.940. The van der Waals surface area contributed by atoms with Crippen LogP contribution in [0.15, 0.2) is 23.2 Å². The molecule has 1 aromatic rings. The fraction of sp³-hybridized carbons (Fsp3) is 0.125. The highest BCUT2D eigenvalue weighted by Crippen LogP contribution is 2.15. The standard InChI is InChI=1S/C8H6FNS/c1-6-2-7(9)4-8(3-6)10-5-11/h2-4H,1H3. The first-order valence-electron chi connectivity index (χ1n) is 3.07. The van der Waals surface area contributed by atoms with Crippen LogP contribution in [0.4, 0.5) is 10.1 Å². The molecule has 1 nitrogen and oxygen atoms in total. The van der Waals surface area contributed by atoms with Gasteiger partial charge >= 0.3 is 0 Å². The summed E-state index contributed by atoms with van der Waals surface area (Å²) in [6.07, 6.45) is 0. The number of isothiocyanates is 1. The Morgan fingerprint density at radius 3 is 2.73 bits per heavy atom. The summed E-state index contributed by atoms with van der Waals surface area (Å²) in [5, 5.41) is 2.18. The van der Waals surface area contributed by atoms with Gasteiger partial charge in [0.15, 0.2) is 0 Å². The van der Waals surface area contributed by atoms with Gasteiger partial charge in [-0.2, -0.15) is 4.99 Å². The quantitative estimate of drug-likeness (QED) is 0.462. The second kappa shape index (κ2) is 3.37. The van der Waals surface area contributed by atoms with Crippen molar-refractivity contribution < 1.29 is 4.39 Å². The van der Waals surface area contributed by atoms with Crippen molar-refractivity contribution in [2.45, 2.75) is 6.92 Å². The van der Waals surface area contributed by atoms with E-state index in [0.717, 1.165) is 5.56 Å². The van der Waals surface area contributed by atoms with Crippen molar-refractivity contribution in [1.29, 1.82) is 0 Å². The van der Waals surface area contributed by atoms with Crippen molar-refractivity contribution >= 4 is 23.1 Å². The molecule has 0 fully saturated rings. The van der Waals surface area contributed by atoms with Crippen LogP contribution in [0.25, 0.3) is 0 Å². The van der Waals surface area contributed by atoms with Crippen molar-refractivity contribution in [2.75, 3.05) is 0 Å². The molecule has 0 aliphatic rings. The number of rotatable bonds is 1. The van der Waals surface area contributed by atoms with Gasteiger partial charge in [0.05, 0.1) is 10.8 Å². The number of thiocarbonyl (C=S) groups is 1. The lowest BCUT2D eigenvalue weighted by atomic mass is 10.2. The maximum atomic E-state index is 12.6. The number of hydrogen-bond donors (Lipinski definition) is 0. The molecule has 0 unspecified atom stereocenters. The van der Waals surface area contributed by atoms with Crippen LogP contribution in [0, 0.1) is 12.7 Å². The molecule has 0 aliphatic carbocycles. The number of aryl methyl sites for hydroxylation is 1. The van der Waals surface area contributed by atoms with E-state index >= 15 is 0 Å². The molecule has 1 rings (SSSR count). The van der Waals surface area contributed by atoms with Crippen LogP contribution < -0.4 is 0 Å². The Kier molecular flexibility index (Phi) is 2.47. The lowest BCUT2D eigenvalue weighted by Gasteiger charge is -1.94. The van der Waals surface area contributed by atoms with Gasteiger partial charge in [-0.15, -0.1) is 0 Å². The van der Waals surface area contributed by atoms with Crippen molar-refractivity contribution in [2.24, 2.45) is 4.99 Å². The third-order valence-corrected chi connectivity index (χ3v) is 1.29. The predicted molar refractivity (Wildman–Crippen MR) is 45.8 cm³/mol. The van der Waals surface area contributed by atoms with Crippen molar-refractivity contribution in [3.8, 4) is 0 Å². The Morgan fingerprint density at radius 2 is 2.18 bits per heavy atom. The molecule has 0 atom stereocenters. The minimum absolute atomic E-state index is 0.297. The molecule has 0 aliphatic heterocycles. The van der Waals surface area contributed by atoms with Gasteiger partial charge in [0, 0.05) is 6.07 Å². The van der Waals surface area contributed by atoms with E-state index in [1.54, 1.807) is 13.0 Å². The molecule has 0 aromatic heterocycles. The largest absolute Gasteiger partial charge is 0.207 e. The highest BCUT2D eigenvalue weighted by molar-refractivity contribution is 7.78. The van der Waals surface area contributed by atoms with Crippen LogP contribution in [-0.4, -0.2) is 5.16 Å². The Bertz CT molecular complexity index is 296. The number of aliphatic imine (C=N–C) groups is 1. The summed E-state index contributed by atoms with van der Waals surface area (Å²) in [6.45, 7) is 1.80. The summed E-state index contributed by atoms with van der Waals surface area (Å²) < 4.78 is 12.6. The molecule has 0 bridgehead atoms. The van der Waals surface area contributed by atoms with Crippen LogP contribution in [0.5, 0.6) is 0 Å². The maximum Gasteiger partial charge on any atom is 0.125 e. The van der Waals surface area contributed by atoms with Crippen LogP contribution in [0.1, 0.15) is 5.56 Å². The SMILES string of the molecule is Cc1cc(F)cc(N=C=S)c1. The molecule has 0 spiro atoms. The third-order valence-electron chi connectivity index (χ3n) is 1.20. The number of hydrogen-bond acceptors (Lipinski definition) is 2. The van der Waals surface area contributed by atoms with Crippen molar-refractivity contribution in [3.05, 3.63) is 29.6 Å². The molecule has 0 heterocycles. The van der Waals surface area contributed by atoms with Crippen LogP contribution in [0.3, 0.4) is 0 Å². The zero-order valence-corrected chi connectivity index (χ0v) is 6.78. The van der Waals surface area contributed by atoms with Gasteiger partial charge in [-0.3, -0.25) is 0 Å². The molecule has 3 heteroatoms. The molecule has 0 saturated carbocycles. The molecule has 11 heavy (non-hydrogen) atoms. The van der Waals surface area contributed by atoms with Gasteiger partial charge in [-0.1, -0.05) is 0 Å². The minimum atomic E-state index is -0.297. The maximum absolute atomic E-state index is 12.6. The highest BCUT2D eigenvalue weighted by Gasteiger charge is 1.94. The van der Waals surface area contributed by atoms with Crippen LogP contribution in [-0.2, 0) is 0 Å². The summed E-state index contributed by atoms with van der Waals surface area (Å²) >= 11 is 4.38. The number of benzene rings is 1. The Hall–Kier alpha value is -1.05. The summed E-state index contributed by atoms with van der Waals surface area (Å²) in [5.74, 6) is -0.297. The Labute approximate surface area is 69.6 Å². The van der Waals surface area contributed by atoms with Gasteiger partial charge < -0.3 is 0 Å². The van der Waals surface area contributed by atoms with Gasteiger partial charge in [0.2, 0.25) is 0 Å². The second-order valence-corrected chi connectivity index (χ2v) is 2.37. The summed E-state index contributed by atoms with van der Waals surface area (Å²) in [6, 6.07) is 4.48. The number of halogens is 1. The van der Waals surface area contributed by atoms with E-state index in [-0.39, 0.29) is 5.82 Å². The van der Waals surface area contributed by atoms with Gasteiger partial charge in [0.25, 0.3) is 0 Å². The van der Waals surface area contributed by atoms with Crippen molar-refractivity contribution in [3.63, 3.8) is 0 Å². The zero-order valence-electron chi connectivity index (χ0n) is 5.97. The monoisotopic (exact) mass is 167 g/mol. The first-order valence-corrected chi connectivity index (χ1v) is 3.48. The molecule has 0 N–H and O–H groups in total. The molecular formula is C8H6FNS. The number of nitrogens with zero attached hydrogens (tertiary/aromatic N) is 1. The Morgan fingerprint density at radius 1 is 1.45 bits per heavy atom. The zero-order chi connectivity index (χ0) is 8.27. The first kappa shape index (κ1) is 8.05. The molecular weight excluding hydrogens is 161 g/mol. The van der Waals surface area contributed by atoms with E-state index in [2.05, 4.69) is 22.4 Å². The van der Waals surface area contributed by atoms with Gasteiger partial charge in [-0.05, 0) is 36.8 Å². The molecule has 1 aromatic carbocycles. The van der Waals surface area contributed by atoms with E-state index in [1.807, 2.05) is 0 Å². The molecule has 0 saturated heterocycles. The lowest BCUT2D eigenvalue weighted by Crippen LogP contribution is -1.75. The van der Waals surface area contributed by atoms with Crippen LogP contribution >= 0.6 is 12.2 Å². The first-order chi connectivity index (χ1) is 5.22. The average molecular weight is 167 g/mol. The Balaban J connectivity index is 3.18. The normalized spacial score (nSPS) is 8.91. The second-order valence-electron chi connectivity index (χ2n) is 2.19. The lowest BCUT2D eigenvalue weighted by molar-refractivity contribution is 0.627. The van der Waals surface area contributed by atoms with Gasteiger partial charge in [0.1, 0.15) is 5.82 Å². The van der Waals surface area contributed by atoms with E-state index < -0.39 is 0 Å². The third kappa shape index (κ3) is 2.22. The van der Waals surface area contributed by atoms with E-state index in [1.165, 1.54) is 12.1 Å². The highest BCUT2D eigenvalue weighted by atomic mass is 32.1. The van der Waals surface area contributed by atoms with E-state index in [4.69, 9.17) is 0 Å². The topological polar surface area (TPSA) is 12.4 Å². The predicted octanol–water partition coefficient (Wildman–Crippen LogP) is 2.87. The average Bonchev–Trinajstić information content (AvgIpc) is 1.85. The van der Waals surface area contributed by atoms with Crippen molar-refractivity contribution in [1.82, 2.24) is 0 Å². The summed E-state index contributed by atoms with van der Waals surface area (Å²) in [5.41, 5.74) is 1.34. The summed E-state index contributed by atoms with van der Waals surface area (Å²) in [4.78, 5) is 3.65. The van der Waals surface area contributed by atoms with E-state index in [9.17, 15) is 4.39 Å². The van der Waals surface area contributed by atoms with Gasteiger partial charge in [-0.25, -0.2) is 4.39 Å². The smallest absolute Gasteiger partial charge is 0.125 e. The molecule has 0 radical (unpaired) electrons. The summed E-state index contributed by atoms with van der Waals surface area (Å²) in [7, 11) is 0.